The minimum absolute atomic E-state index is 0.934. The van der Waals surface area contributed by atoms with Crippen LogP contribution in [0.15, 0.2) is 60.7 Å². The van der Waals surface area contributed by atoms with Crippen molar-refractivity contribution < 1.29 is 0 Å². The molecule has 22 heavy (non-hydrogen) atoms. The van der Waals surface area contributed by atoms with Crippen LogP contribution in [-0.4, -0.2) is 33.3 Å². The smallest absolute Gasteiger partial charge is 0.183 e. The van der Waals surface area contributed by atoms with Gasteiger partial charge in [0.25, 0.3) is 0 Å². The lowest BCUT2D eigenvalue weighted by atomic mass is 10.1. The Morgan fingerprint density at radius 3 is 1.86 bits per heavy atom. The topological polar surface area (TPSA) is 3.24 Å². The van der Waals surface area contributed by atoms with E-state index in [1.165, 1.54) is 42.7 Å². The van der Waals surface area contributed by atoms with E-state index in [0.29, 0.717) is 0 Å². The first-order chi connectivity index (χ1) is 10.9. The Hall–Kier alpha value is -1.82. The summed E-state index contributed by atoms with van der Waals surface area (Å²) in [5.41, 5.74) is 3.65. The van der Waals surface area contributed by atoms with Gasteiger partial charge in [-0.15, -0.1) is 5.54 Å². The predicted octanol–water partition coefficient (Wildman–Crippen LogP) is 2.06. The molecule has 0 bridgehead atoms. The zero-order valence-corrected chi connectivity index (χ0v) is 14.2. The SMILES string of the molecule is C(#C[SiH](c1ccccc1)c1ccccc1)CN1CCCCC1. The molecule has 1 heterocycles. The molecule has 1 saturated heterocycles. The van der Waals surface area contributed by atoms with Gasteiger partial charge in [0, 0.05) is 0 Å². The van der Waals surface area contributed by atoms with Crippen LogP contribution in [0.2, 0.25) is 0 Å². The summed E-state index contributed by atoms with van der Waals surface area (Å²) in [5, 5.41) is 2.83. The highest BCUT2D eigenvalue weighted by atomic mass is 28.3. The molecule has 0 atom stereocenters. The molecule has 1 aliphatic rings. The van der Waals surface area contributed by atoms with Gasteiger partial charge in [-0.25, -0.2) is 0 Å². The first kappa shape index (κ1) is 15.1. The molecule has 0 aliphatic carbocycles. The van der Waals surface area contributed by atoms with Crippen molar-refractivity contribution >= 4 is 19.2 Å². The van der Waals surface area contributed by atoms with Gasteiger partial charge in [0.05, 0.1) is 6.54 Å². The Kier molecular flexibility index (Phi) is 5.47. The van der Waals surface area contributed by atoms with Crippen LogP contribution in [0.1, 0.15) is 19.3 Å². The van der Waals surface area contributed by atoms with Crippen LogP contribution in [0.3, 0.4) is 0 Å². The molecule has 3 rings (SSSR count). The van der Waals surface area contributed by atoms with Crippen LogP contribution < -0.4 is 10.4 Å². The summed E-state index contributed by atoms with van der Waals surface area (Å²) in [5.74, 6) is 3.49. The maximum Gasteiger partial charge on any atom is 0.183 e. The first-order valence-corrected chi connectivity index (χ1v) is 9.97. The van der Waals surface area contributed by atoms with Crippen molar-refractivity contribution in [3.63, 3.8) is 0 Å². The van der Waals surface area contributed by atoms with Crippen molar-refractivity contribution in [2.45, 2.75) is 19.3 Å². The summed E-state index contributed by atoms with van der Waals surface area (Å²) in [4.78, 5) is 2.50. The fourth-order valence-electron chi connectivity index (χ4n) is 3.03. The molecule has 112 valence electrons. The zero-order valence-electron chi connectivity index (χ0n) is 13.0. The normalized spacial score (nSPS) is 15.3. The molecule has 0 radical (unpaired) electrons. The van der Waals surface area contributed by atoms with Gasteiger partial charge < -0.3 is 0 Å². The third-order valence-electron chi connectivity index (χ3n) is 4.26. The van der Waals surface area contributed by atoms with Crippen molar-refractivity contribution in [2.24, 2.45) is 0 Å². The minimum Gasteiger partial charge on any atom is -0.292 e. The third-order valence-corrected chi connectivity index (χ3v) is 6.86. The van der Waals surface area contributed by atoms with E-state index in [9.17, 15) is 0 Å². The standard InChI is InChI=1S/C20H23NSi/c1-4-11-19(12-5-1)22(20-13-6-2-7-14-20)18-10-17-21-15-8-3-9-16-21/h1-2,4-7,11-14,22H,3,8-9,15-17H2. The van der Waals surface area contributed by atoms with Crippen LogP contribution >= 0.6 is 0 Å². The third kappa shape index (κ3) is 4.10. The van der Waals surface area contributed by atoms with Crippen molar-refractivity contribution in [1.29, 1.82) is 0 Å². The predicted molar refractivity (Wildman–Crippen MR) is 97.4 cm³/mol. The molecule has 1 nitrogen and oxygen atoms in total. The van der Waals surface area contributed by atoms with E-state index < -0.39 is 8.80 Å². The summed E-state index contributed by atoms with van der Waals surface area (Å²) in [6.45, 7) is 3.37. The molecule has 0 spiro atoms. The van der Waals surface area contributed by atoms with Crippen LogP contribution in [0.4, 0.5) is 0 Å². The zero-order chi connectivity index (χ0) is 15.0. The Labute approximate surface area is 135 Å². The summed E-state index contributed by atoms with van der Waals surface area (Å²) in [6.07, 6.45) is 4.05. The Bertz CT molecular complexity index is 582. The van der Waals surface area contributed by atoms with E-state index in [4.69, 9.17) is 0 Å². The highest BCUT2D eigenvalue weighted by Crippen LogP contribution is 2.07. The summed E-state index contributed by atoms with van der Waals surface area (Å²) >= 11 is 0. The van der Waals surface area contributed by atoms with E-state index in [0.717, 1.165) is 6.54 Å². The number of piperidine rings is 1. The molecule has 0 unspecified atom stereocenters. The number of benzene rings is 2. The van der Waals surface area contributed by atoms with Crippen molar-refractivity contribution in [3.05, 3.63) is 60.7 Å². The van der Waals surface area contributed by atoms with Crippen molar-refractivity contribution in [1.82, 2.24) is 4.90 Å². The van der Waals surface area contributed by atoms with E-state index in [-0.39, 0.29) is 0 Å². The van der Waals surface area contributed by atoms with Gasteiger partial charge in [0.2, 0.25) is 0 Å². The minimum atomic E-state index is -1.41. The quantitative estimate of drug-likeness (QED) is 0.620. The second-order valence-electron chi connectivity index (χ2n) is 5.91. The van der Waals surface area contributed by atoms with Gasteiger partial charge in [-0.2, -0.15) is 0 Å². The molecule has 2 heteroatoms. The lowest BCUT2D eigenvalue weighted by molar-refractivity contribution is 0.255. The molecule has 0 saturated carbocycles. The van der Waals surface area contributed by atoms with Crippen LogP contribution in [-0.2, 0) is 0 Å². The Balaban J connectivity index is 1.77. The number of rotatable bonds is 3. The maximum absolute atomic E-state index is 3.65. The fourth-order valence-corrected chi connectivity index (χ4v) is 5.26. The number of hydrogen-bond donors (Lipinski definition) is 0. The highest BCUT2D eigenvalue weighted by Gasteiger charge is 2.13. The van der Waals surface area contributed by atoms with E-state index in [1.807, 2.05) is 0 Å². The van der Waals surface area contributed by atoms with Gasteiger partial charge in [-0.05, 0) is 36.3 Å². The molecule has 0 N–H and O–H groups in total. The van der Waals surface area contributed by atoms with E-state index in [1.54, 1.807) is 0 Å². The monoisotopic (exact) mass is 305 g/mol. The molecule has 0 amide bonds. The molecule has 0 aromatic heterocycles. The maximum atomic E-state index is 3.65. The summed E-state index contributed by atoms with van der Waals surface area (Å²) in [7, 11) is -1.41. The van der Waals surface area contributed by atoms with Gasteiger partial charge in [-0.1, -0.05) is 73.0 Å². The summed E-state index contributed by atoms with van der Waals surface area (Å²) in [6, 6.07) is 21.6. The average molecular weight is 305 g/mol. The Morgan fingerprint density at radius 1 is 0.773 bits per heavy atom. The number of likely N-dealkylation sites (tertiary alicyclic amines) is 1. The highest BCUT2D eigenvalue weighted by molar-refractivity contribution is 6.91. The van der Waals surface area contributed by atoms with Crippen LogP contribution in [0.25, 0.3) is 0 Å². The molecule has 2 aromatic rings. The first-order valence-electron chi connectivity index (χ1n) is 8.24. The van der Waals surface area contributed by atoms with E-state index >= 15 is 0 Å². The number of hydrogen-bond acceptors (Lipinski definition) is 1. The van der Waals surface area contributed by atoms with Crippen LogP contribution in [0.5, 0.6) is 0 Å². The average Bonchev–Trinajstić information content (AvgIpc) is 2.61. The molecular weight excluding hydrogens is 282 g/mol. The summed E-state index contributed by atoms with van der Waals surface area (Å²) < 4.78 is 0. The van der Waals surface area contributed by atoms with Gasteiger partial charge in [0.1, 0.15) is 0 Å². The molecular formula is C20H23NSi. The van der Waals surface area contributed by atoms with Crippen LogP contribution in [0, 0.1) is 11.5 Å². The molecule has 2 aromatic carbocycles. The number of nitrogens with zero attached hydrogens (tertiary/aromatic N) is 1. The lowest BCUT2D eigenvalue weighted by Gasteiger charge is -2.24. The van der Waals surface area contributed by atoms with Crippen molar-refractivity contribution in [2.75, 3.05) is 19.6 Å². The van der Waals surface area contributed by atoms with Gasteiger partial charge >= 0.3 is 0 Å². The van der Waals surface area contributed by atoms with E-state index in [2.05, 4.69) is 77.0 Å². The second-order valence-corrected chi connectivity index (χ2v) is 8.40. The van der Waals surface area contributed by atoms with Crippen molar-refractivity contribution in [3.8, 4) is 11.5 Å². The largest absolute Gasteiger partial charge is 0.292 e. The van der Waals surface area contributed by atoms with Gasteiger partial charge in [-0.3, -0.25) is 4.90 Å². The Morgan fingerprint density at radius 2 is 1.32 bits per heavy atom. The van der Waals surface area contributed by atoms with Gasteiger partial charge in [0.15, 0.2) is 8.80 Å². The lowest BCUT2D eigenvalue weighted by Crippen LogP contribution is -2.41. The molecule has 1 fully saturated rings. The second kappa shape index (κ2) is 7.98. The molecule has 1 aliphatic heterocycles. The fraction of sp³-hybridized carbons (Fsp3) is 0.300.